The molecule has 4 rings (SSSR count). The highest BCUT2D eigenvalue weighted by atomic mass is 32.2. The molecule has 174 valence electrons. The zero-order valence-corrected chi connectivity index (χ0v) is 19.5. The molecule has 0 bridgehead atoms. The minimum Gasteiger partial charge on any atom is -0.334 e. The molecule has 0 saturated carbocycles. The molecule has 8 nitrogen and oxygen atoms in total. The van der Waals surface area contributed by atoms with Gasteiger partial charge in [0.2, 0.25) is 10.0 Å². The third kappa shape index (κ3) is 5.05. The molecular formula is C25H24N4O4S. The van der Waals surface area contributed by atoms with Crippen LogP contribution in [-0.4, -0.2) is 36.2 Å². The molecule has 4 aromatic rings. The number of sulfonamides is 1. The Balaban J connectivity index is 1.52. The number of hydrogen-bond donors (Lipinski definition) is 2. The van der Waals surface area contributed by atoms with Gasteiger partial charge in [-0.25, -0.2) is 18.1 Å². The number of H-pyrrole nitrogens is 1. The van der Waals surface area contributed by atoms with Crippen LogP contribution in [0.1, 0.15) is 34.7 Å². The third-order valence-corrected chi connectivity index (χ3v) is 6.96. The first-order valence-electron chi connectivity index (χ1n) is 10.7. The highest BCUT2D eigenvalue weighted by Gasteiger charge is 2.21. The SMILES string of the molecule is CC(NS(=O)(=O)c1cccc(C(=O)N(C)Cc2nc3ccccc3c(=O)[nH]2)c1)c1ccccc1. The number of hydrogen-bond acceptors (Lipinski definition) is 5. The van der Waals surface area contributed by atoms with E-state index in [9.17, 15) is 18.0 Å². The fourth-order valence-corrected chi connectivity index (χ4v) is 4.91. The van der Waals surface area contributed by atoms with Crippen LogP contribution in [-0.2, 0) is 16.6 Å². The predicted molar refractivity (Wildman–Crippen MR) is 130 cm³/mol. The molecular weight excluding hydrogens is 452 g/mol. The number of amides is 1. The summed E-state index contributed by atoms with van der Waals surface area (Å²) >= 11 is 0. The van der Waals surface area contributed by atoms with Crippen LogP contribution in [0.25, 0.3) is 10.9 Å². The van der Waals surface area contributed by atoms with Crippen LogP contribution in [0.5, 0.6) is 0 Å². The summed E-state index contributed by atoms with van der Waals surface area (Å²) in [6.45, 7) is 1.81. The van der Waals surface area contributed by atoms with Crippen molar-refractivity contribution in [3.8, 4) is 0 Å². The van der Waals surface area contributed by atoms with E-state index >= 15 is 0 Å². The number of nitrogens with zero attached hydrogens (tertiary/aromatic N) is 2. The van der Waals surface area contributed by atoms with Gasteiger partial charge in [-0.1, -0.05) is 48.5 Å². The number of aromatic nitrogens is 2. The number of para-hydroxylation sites is 1. The second-order valence-corrected chi connectivity index (χ2v) is 9.69. The van der Waals surface area contributed by atoms with Crippen molar-refractivity contribution in [1.82, 2.24) is 19.6 Å². The maximum atomic E-state index is 13.0. The van der Waals surface area contributed by atoms with E-state index in [1.54, 1.807) is 44.3 Å². The number of carbonyl (C=O) groups excluding carboxylic acids is 1. The zero-order valence-electron chi connectivity index (χ0n) is 18.7. The van der Waals surface area contributed by atoms with Gasteiger partial charge in [0, 0.05) is 18.7 Å². The molecule has 9 heteroatoms. The zero-order chi connectivity index (χ0) is 24.3. The number of carbonyl (C=O) groups is 1. The standard InChI is InChI=1S/C25H24N4O4S/c1-17(18-9-4-3-5-10-18)28-34(32,33)20-12-8-11-19(15-20)25(31)29(2)16-23-26-22-14-7-6-13-21(22)24(30)27-23/h3-15,17,28H,16H2,1-2H3,(H,26,27,30). The van der Waals surface area contributed by atoms with Crippen molar-refractivity contribution in [2.24, 2.45) is 0 Å². The van der Waals surface area contributed by atoms with Crippen LogP contribution >= 0.6 is 0 Å². The van der Waals surface area contributed by atoms with Crippen molar-refractivity contribution in [2.45, 2.75) is 24.4 Å². The van der Waals surface area contributed by atoms with Crippen molar-refractivity contribution in [3.05, 3.63) is 106 Å². The molecule has 1 atom stereocenters. The quantitative estimate of drug-likeness (QED) is 0.425. The Bertz CT molecular complexity index is 1500. The van der Waals surface area contributed by atoms with Gasteiger partial charge in [0.1, 0.15) is 5.82 Å². The fraction of sp³-hybridized carbons (Fsp3) is 0.160. The molecule has 0 radical (unpaired) electrons. The molecule has 0 fully saturated rings. The van der Waals surface area contributed by atoms with Crippen LogP contribution in [0.2, 0.25) is 0 Å². The molecule has 0 spiro atoms. The highest BCUT2D eigenvalue weighted by molar-refractivity contribution is 7.89. The van der Waals surface area contributed by atoms with E-state index in [0.29, 0.717) is 16.7 Å². The Kier molecular flexibility index (Phi) is 6.58. The molecule has 1 heterocycles. The monoisotopic (exact) mass is 476 g/mol. The minimum atomic E-state index is -3.86. The molecule has 0 aliphatic rings. The van der Waals surface area contributed by atoms with Gasteiger partial charge in [-0.05, 0) is 42.8 Å². The van der Waals surface area contributed by atoms with Gasteiger partial charge < -0.3 is 9.88 Å². The topological polar surface area (TPSA) is 112 Å². The lowest BCUT2D eigenvalue weighted by atomic mass is 10.1. The first kappa shape index (κ1) is 23.3. The largest absolute Gasteiger partial charge is 0.334 e. The van der Waals surface area contributed by atoms with Crippen LogP contribution in [0.3, 0.4) is 0 Å². The number of aromatic amines is 1. The second kappa shape index (κ2) is 9.58. The molecule has 0 aliphatic heterocycles. The summed E-state index contributed by atoms with van der Waals surface area (Å²) in [6.07, 6.45) is 0. The van der Waals surface area contributed by atoms with Gasteiger partial charge in [0.25, 0.3) is 11.5 Å². The average Bonchev–Trinajstić information content (AvgIpc) is 2.84. The Morgan fingerprint density at radius 3 is 2.50 bits per heavy atom. The lowest BCUT2D eigenvalue weighted by molar-refractivity contribution is 0.0781. The molecule has 2 N–H and O–H groups in total. The number of fused-ring (bicyclic) bond motifs is 1. The summed E-state index contributed by atoms with van der Waals surface area (Å²) in [6, 6.07) is 21.6. The van der Waals surface area contributed by atoms with Gasteiger partial charge in [-0.3, -0.25) is 9.59 Å². The van der Waals surface area contributed by atoms with Gasteiger partial charge in [0.05, 0.1) is 22.3 Å². The van der Waals surface area contributed by atoms with E-state index in [4.69, 9.17) is 0 Å². The lowest BCUT2D eigenvalue weighted by Gasteiger charge is -2.18. The van der Waals surface area contributed by atoms with E-state index < -0.39 is 22.0 Å². The summed E-state index contributed by atoms with van der Waals surface area (Å²) < 4.78 is 28.5. The summed E-state index contributed by atoms with van der Waals surface area (Å²) in [5, 5.41) is 0.468. The summed E-state index contributed by atoms with van der Waals surface area (Å²) in [7, 11) is -2.29. The molecule has 0 aliphatic carbocycles. The van der Waals surface area contributed by atoms with Gasteiger partial charge >= 0.3 is 0 Å². The van der Waals surface area contributed by atoms with E-state index in [2.05, 4.69) is 14.7 Å². The maximum Gasteiger partial charge on any atom is 0.258 e. The maximum absolute atomic E-state index is 13.0. The molecule has 1 unspecified atom stereocenters. The summed E-state index contributed by atoms with van der Waals surface area (Å²) in [5.41, 5.74) is 1.29. The number of nitrogens with one attached hydrogen (secondary N) is 2. The number of benzene rings is 3. The molecule has 0 saturated heterocycles. The minimum absolute atomic E-state index is 0.00762. The van der Waals surface area contributed by atoms with Crippen molar-refractivity contribution in [2.75, 3.05) is 7.05 Å². The normalized spacial score (nSPS) is 12.4. The van der Waals surface area contributed by atoms with Crippen molar-refractivity contribution >= 4 is 26.8 Å². The smallest absolute Gasteiger partial charge is 0.258 e. The van der Waals surface area contributed by atoms with Crippen LogP contribution in [0.4, 0.5) is 0 Å². The lowest BCUT2D eigenvalue weighted by Crippen LogP contribution is -2.29. The molecule has 1 aromatic heterocycles. The highest BCUT2D eigenvalue weighted by Crippen LogP contribution is 2.18. The van der Waals surface area contributed by atoms with Crippen LogP contribution < -0.4 is 10.3 Å². The molecule has 3 aromatic carbocycles. The Morgan fingerprint density at radius 1 is 1.03 bits per heavy atom. The van der Waals surface area contributed by atoms with E-state index in [1.807, 2.05) is 30.3 Å². The Morgan fingerprint density at radius 2 is 1.74 bits per heavy atom. The Labute approximate surface area is 197 Å². The first-order chi connectivity index (χ1) is 16.2. The second-order valence-electron chi connectivity index (χ2n) is 7.97. The Hall–Kier alpha value is -3.82. The summed E-state index contributed by atoms with van der Waals surface area (Å²) in [4.78, 5) is 33.8. The third-order valence-electron chi connectivity index (χ3n) is 5.42. The number of rotatable bonds is 7. The first-order valence-corrected chi connectivity index (χ1v) is 12.1. The van der Waals surface area contributed by atoms with Gasteiger partial charge in [0.15, 0.2) is 0 Å². The van der Waals surface area contributed by atoms with Gasteiger partial charge in [-0.15, -0.1) is 0 Å². The predicted octanol–water partition coefficient (Wildman–Crippen LogP) is 3.23. The van der Waals surface area contributed by atoms with E-state index in [1.165, 1.54) is 23.1 Å². The van der Waals surface area contributed by atoms with Gasteiger partial charge in [-0.2, -0.15) is 0 Å². The van der Waals surface area contributed by atoms with E-state index in [-0.39, 0.29) is 22.6 Å². The van der Waals surface area contributed by atoms with Crippen LogP contribution in [0.15, 0.2) is 88.6 Å². The van der Waals surface area contributed by atoms with Crippen molar-refractivity contribution in [1.29, 1.82) is 0 Å². The fourth-order valence-electron chi connectivity index (χ4n) is 3.63. The van der Waals surface area contributed by atoms with E-state index in [0.717, 1.165) is 5.56 Å². The average molecular weight is 477 g/mol. The van der Waals surface area contributed by atoms with Crippen molar-refractivity contribution in [3.63, 3.8) is 0 Å². The van der Waals surface area contributed by atoms with Crippen molar-refractivity contribution < 1.29 is 13.2 Å². The molecule has 1 amide bonds. The summed E-state index contributed by atoms with van der Waals surface area (Å²) in [5.74, 6) is -0.0642. The molecule has 34 heavy (non-hydrogen) atoms. The van der Waals surface area contributed by atoms with Crippen LogP contribution in [0, 0.1) is 0 Å².